The van der Waals surface area contributed by atoms with Crippen molar-refractivity contribution in [1.82, 2.24) is 0 Å². The van der Waals surface area contributed by atoms with Gasteiger partial charge in [0.1, 0.15) is 4.88 Å². The minimum absolute atomic E-state index is 0.0463. The van der Waals surface area contributed by atoms with Gasteiger partial charge in [-0.25, -0.2) is 4.79 Å². The van der Waals surface area contributed by atoms with Crippen LogP contribution in [0.2, 0.25) is 0 Å². The summed E-state index contributed by atoms with van der Waals surface area (Å²) < 4.78 is 5.08. The molecule has 0 saturated heterocycles. The van der Waals surface area contributed by atoms with Gasteiger partial charge in [-0.1, -0.05) is 13.3 Å². The molecule has 0 aromatic carbocycles. The first-order valence-corrected chi connectivity index (χ1v) is 8.13. The second-order valence-corrected chi connectivity index (χ2v) is 6.11. The van der Waals surface area contributed by atoms with Crippen LogP contribution in [0, 0.1) is 0 Å². The summed E-state index contributed by atoms with van der Waals surface area (Å²) in [5.41, 5.74) is 0. The highest BCUT2D eigenvalue weighted by Gasteiger charge is 2.17. The number of unbranched alkanes of at least 4 members (excludes halogenated alkanes) is 1. The van der Waals surface area contributed by atoms with Gasteiger partial charge < -0.3 is 20.1 Å². The lowest BCUT2D eigenvalue weighted by Gasteiger charge is -2.16. The maximum absolute atomic E-state index is 11.8. The SMILES string of the molecule is CCCCc1ccc(C(=O)OCCC(O)C(O)CCO)s1. The zero-order chi connectivity index (χ0) is 15.7. The van der Waals surface area contributed by atoms with Crippen molar-refractivity contribution in [3.8, 4) is 0 Å². The molecule has 6 heteroatoms. The van der Waals surface area contributed by atoms with Gasteiger partial charge in [-0.05, 0) is 31.4 Å². The van der Waals surface area contributed by atoms with Crippen LogP contribution in [0.1, 0.15) is 47.2 Å². The third-order valence-electron chi connectivity index (χ3n) is 3.16. The Morgan fingerprint density at radius 2 is 2.00 bits per heavy atom. The average Bonchev–Trinajstić information content (AvgIpc) is 2.94. The smallest absolute Gasteiger partial charge is 0.348 e. The molecule has 21 heavy (non-hydrogen) atoms. The highest BCUT2D eigenvalue weighted by Crippen LogP contribution is 2.19. The molecule has 1 aromatic heterocycles. The summed E-state index contributed by atoms with van der Waals surface area (Å²) in [6.07, 6.45) is 1.47. The first kappa shape index (κ1) is 18.1. The summed E-state index contributed by atoms with van der Waals surface area (Å²) in [5.74, 6) is -0.397. The van der Waals surface area contributed by atoms with Crippen LogP contribution in [-0.2, 0) is 11.2 Å². The molecule has 5 nitrogen and oxygen atoms in total. The Morgan fingerprint density at radius 1 is 1.29 bits per heavy atom. The zero-order valence-corrected chi connectivity index (χ0v) is 13.1. The van der Waals surface area contributed by atoms with Crippen LogP contribution < -0.4 is 0 Å². The second-order valence-electron chi connectivity index (χ2n) is 4.94. The largest absolute Gasteiger partial charge is 0.461 e. The van der Waals surface area contributed by atoms with Crippen LogP contribution in [0.15, 0.2) is 12.1 Å². The monoisotopic (exact) mass is 316 g/mol. The van der Waals surface area contributed by atoms with Gasteiger partial charge >= 0.3 is 5.97 Å². The fourth-order valence-corrected chi connectivity index (χ4v) is 2.78. The van der Waals surface area contributed by atoms with Crippen molar-refractivity contribution in [1.29, 1.82) is 0 Å². The Kier molecular flexibility index (Phi) is 8.52. The zero-order valence-electron chi connectivity index (χ0n) is 12.3. The molecule has 0 spiro atoms. The summed E-state index contributed by atoms with van der Waals surface area (Å²) in [4.78, 5) is 13.5. The van der Waals surface area contributed by atoms with Gasteiger partial charge in [-0.15, -0.1) is 11.3 Å². The van der Waals surface area contributed by atoms with Crippen molar-refractivity contribution < 1.29 is 24.9 Å². The highest BCUT2D eigenvalue weighted by molar-refractivity contribution is 7.13. The molecule has 1 heterocycles. The summed E-state index contributed by atoms with van der Waals surface area (Å²) >= 11 is 1.43. The minimum Gasteiger partial charge on any atom is -0.461 e. The van der Waals surface area contributed by atoms with Gasteiger partial charge in [0.05, 0.1) is 18.8 Å². The molecule has 0 bridgehead atoms. The van der Waals surface area contributed by atoms with Crippen LogP contribution >= 0.6 is 11.3 Å². The lowest BCUT2D eigenvalue weighted by molar-refractivity contribution is -0.0118. The fourth-order valence-electron chi connectivity index (χ4n) is 1.83. The number of aliphatic hydroxyl groups excluding tert-OH is 3. The number of ether oxygens (including phenoxy) is 1. The van der Waals surface area contributed by atoms with E-state index in [-0.39, 0.29) is 26.1 Å². The third kappa shape index (κ3) is 6.56. The Morgan fingerprint density at radius 3 is 2.67 bits per heavy atom. The molecule has 2 unspecified atom stereocenters. The van der Waals surface area contributed by atoms with E-state index in [0.717, 1.165) is 19.3 Å². The standard InChI is InChI=1S/C15H24O5S/c1-2-3-4-11-5-6-14(21-11)15(19)20-10-8-13(18)12(17)7-9-16/h5-6,12-13,16-18H,2-4,7-10H2,1H3. The van der Waals surface area contributed by atoms with E-state index in [4.69, 9.17) is 9.84 Å². The van der Waals surface area contributed by atoms with Gasteiger partial charge in [-0.2, -0.15) is 0 Å². The summed E-state index contributed by atoms with van der Waals surface area (Å²) in [6, 6.07) is 3.70. The van der Waals surface area contributed by atoms with E-state index in [0.29, 0.717) is 4.88 Å². The lowest BCUT2D eigenvalue weighted by Crippen LogP contribution is -2.28. The molecule has 0 fully saturated rings. The molecule has 0 aliphatic heterocycles. The van der Waals surface area contributed by atoms with Gasteiger partial charge in [0.25, 0.3) is 0 Å². The van der Waals surface area contributed by atoms with Crippen LogP contribution in [-0.4, -0.2) is 46.7 Å². The van der Waals surface area contributed by atoms with Gasteiger partial charge in [0.2, 0.25) is 0 Å². The molecule has 0 aliphatic carbocycles. The maximum Gasteiger partial charge on any atom is 0.348 e. The number of aliphatic hydroxyl groups is 3. The molecular formula is C15H24O5S. The number of carbonyl (C=O) groups excluding carboxylic acids is 1. The Labute approximate surface area is 129 Å². The molecule has 0 amide bonds. The number of hydrogen-bond acceptors (Lipinski definition) is 6. The number of hydrogen-bond donors (Lipinski definition) is 3. The molecule has 1 rings (SSSR count). The number of aryl methyl sites for hydroxylation is 1. The van der Waals surface area contributed by atoms with Crippen molar-refractivity contribution in [3.63, 3.8) is 0 Å². The van der Waals surface area contributed by atoms with E-state index >= 15 is 0 Å². The number of carbonyl (C=O) groups is 1. The predicted molar refractivity (Wildman–Crippen MR) is 81.5 cm³/mol. The normalized spacial score (nSPS) is 13.9. The van der Waals surface area contributed by atoms with E-state index in [1.807, 2.05) is 6.07 Å². The Bertz CT molecular complexity index is 418. The van der Waals surface area contributed by atoms with E-state index in [2.05, 4.69) is 6.92 Å². The Balaban J connectivity index is 2.31. The quantitative estimate of drug-likeness (QED) is 0.572. The summed E-state index contributed by atoms with van der Waals surface area (Å²) in [5, 5.41) is 27.7. The molecule has 3 N–H and O–H groups in total. The van der Waals surface area contributed by atoms with E-state index in [1.54, 1.807) is 6.07 Å². The molecule has 0 saturated carbocycles. The molecule has 1 aromatic rings. The predicted octanol–water partition coefficient (Wildman–Crippen LogP) is 1.74. The van der Waals surface area contributed by atoms with E-state index in [9.17, 15) is 15.0 Å². The first-order valence-electron chi connectivity index (χ1n) is 7.31. The van der Waals surface area contributed by atoms with Crippen molar-refractivity contribution in [2.24, 2.45) is 0 Å². The molecular weight excluding hydrogens is 292 g/mol. The molecule has 0 aliphatic rings. The lowest BCUT2D eigenvalue weighted by atomic mass is 10.1. The maximum atomic E-state index is 11.8. The topological polar surface area (TPSA) is 87.0 Å². The summed E-state index contributed by atoms with van der Waals surface area (Å²) in [7, 11) is 0. The van der Waals surface area contributed by atoms with Crippen molar-refractivity contribution in [2.75, 3.05) is 13.2 Å². The first-order chi connectivity index (χ1) is 10.1. The highest BCUT2D eigenvalue weighted by atomic mass is 32.1. The van der Waals surface area contributed by atoms with Gasteiger partial charge in [-0.3, -0.25) is 0 Å². The number of thiophene rings is 1. The number of esters is 1. The van der Waals surface area contributed by atoms with E-state index in [1.165, 1.54) is 16.2 Å². The van der Waals surface area contributed by atoms with Crippen LogP contribution in [0.25, 0.3) is 0 Å². The van der Waals surface area contributed by atoms with Crippen molar-refractivity contribution in [2.45, 2.75) is 51.2 Å². The minimum atomic E-state index is -0.992. The van der Waals surface area contributed by atoms with Crippen LogP contribution in [0.4, 0.5) is 0 Å². The fraction of sp³-hybridized carbons (Fsp3) is 0.667. The van der Waals surface area contributed by atoms with Gasteiger partial charge in [0, 0.05) is 17.9 Å². The van der Waals surface area contributed by atoms with Crippen molar-refractivity contribution >= 4 is 17.3 Å². The van der Waals surface area contributed by atoms with Gasteiger partial charge in [0.15, 0.2) is 0 Å². The van der Waals surface area contributed by atoms with Crippen LogP contribution in [0.3, 0.4) is 0 Å². The molecule has 2 atom stereocenters. The summed E-state index contributed by atoms with van der Waals surface area (Å²) in [6.45, 7) is 1.98. The van der Waals surface area contributed by atoms with Crippen molar-refractivity contribution in [3.05, 3.63) is 21.9 Å². The van der Waals surface area contributed by atoms with Crippen LogP contribution in [0.5, 0.6) is 0 Å². The average molecular weight is 316 g/mol. The number of rotatable bonds is 10. The Hall–Kier alpha value is -0.950. The molecule has 0 radical (unpaired) electrons. The molecule has 120 valence electrons. The van der Waals surface area contributed by atoms with E-state index < -0.39 is 18.2 Å². The third-order valence-corrected chi connectivity index (χ3v) is 4.28. The second kappa shape index (κ2) is 9.89.